The molecule has 0 spiro atoms. The quantitative estimate of drug-likeness (QED) is 0.903. The molecule has 2 aromatic rings. The maximum Gasteiger partial charge on any atom is 0.265 e. The number of nitrogens with one attached hydrogen (secondary N) is 1. The SMILES string of the molecule is CC(Oc1ccc(O)cc1)C(=O)Nc1ccc(C#N)cc1. The molecule has 0 radical (unpaired) electrons. The van der Waals surface area contributed by atoms with Crippen molar-refractivity contribution in [1.82, 2.24) is 0 Å². The van der Waals surface area contributed by atoms with Crippen LogP contribution in [-0.4, -0.2) is 17.1 Å². The normalized spacial score (nSPS) is 11.2. The van der Waals surface area contributed by atoms with Gasteiger partial charge >= 0.3 is 0 Å². The van der Waals surface area contributed by atoms with Gasteiger partial charge < -0.3 is 15.2 Å². The number of nitrogens with zero attached hydrogens (tertiary/aromatic N) is 1. The molecule has 21 heavy (non-hydrogen) atoms. The molecule has 0 fully saturated rings. The standard InChI is InChI=1S/C16H14N2O3/c1-11(21-15-8-6-14(19)7-9-15)16(20)18-13-4-2-12(10-17)3-5-13/h2-9,11,19H,1H3,(H,18,20). The molecule has 0 bridgehead atoms. The molecule has 2 N–H and O–H groups in total. The molecule has 0 saturated carbocycles. The lowest BCUT2D eigenvalue weighted by Gasteiger charge is -2.14. The highest BCUT2D eigenvalue weighted by atomic mass is 16.5. The molecular weight excluding hydrogens is 268 g/mol. The van der Waals surface area contributed by atoms with Crippen LogP contribution in [0.25, 0.3) is 0 Å². The first-order chi connectivity index (χ1) is 10.1. The number of phenolic OH excluding ortho intramolecular Hbond substituents is 1. The highest BCUT2D eigenvalue weighted by Gasteiger charge is 2.14. The Hall–Kier alpha value is -3.00. The molecule has 1 unspecified atom stereocenters. The highest BCUT2D eigenvalue weighted by molar-refractivity contribution is 5.94. The van der Waals surface area contributed by atoms with E-state index in [1.54, 1.807) is 43.3 Å². The van der Waals surface area contributed by atoms with Gasteiger partial charge in [0.15, 0.2) is 6.10 Å². The third-order valence-electron chi connectivity index (χ3n) is 2.80. The lowest BCUT2D eigenvalue weighted by atomic mass is 10.2. The maximum atomic E-state index is 12.0. The average molecular weight is 282 g/mol. The van der Waals surface area contributed by atoms with E-state index >= 15 is 0 Å². The Morgan fingerprint density at radius 2 is 1.81 bits per heavy atom. The summed E-state index contributed by atoms with van der Waals surface area (Å²) in [6, 6.07) is 14.7. The van der Waals surface area contributed by atoms with Crippen LogP contribution in [0.1, 0.15) is 12.5 Å². The number of hydrogen-bond donors (Lipinski definition) is 2. The van der Waals surface area contributed by atoms with Crippen molar-refractivity contribution in [2.24, 2.45) is 0 Å². The number of anilines is 1. The first-order valence-electron chi connectivity index (χ1n) is 6.35. The van der Waals surface area contributed by atoms with Gasteiger partial charge in [-0.15, -0.1) is 0 Å². The van der Waals surface area contributed by atoms with Crippen molar-refractivity contribution in [2.75, 3.05) is 5.32 Å². The number of aromatic hydroxyl groups is 1. The third-order valence-corrected chi connectivity index (χ3v) is 2.80. The molecule has 0 aliphatic carbocycles. The fourth-order valence-corrected chi connectivity index (χ4v) is 1.65. The minimum absolute atomic E-state index is 0.136. The van der Waals surface area contributed by atoms with E-state index in [9.17, 15) is 9.90 Å². The minimum Gasteiger partial charge on any atom is -0.508 e. The number of hydrogen-bond acceptors (Lipinski definition) is 4. The van der Waals surface area contributed by atoms with Crippen molar-refractivity contribution in [3.05, 3.63) is 54.1 Å². The van der Waals surface area contributed by atoms with Gasteiger partial charge in [-0.25, -0.2) is 0 Å². The lowest BCUT2D eigenvalue weighted by Crippen LogP contribution is -2.30. The molecule has 1 amide bonds. The fraction of sp³-hybridized carbons (Fsp3) is 0.125. The van der Waals surface area contributed by atoms with E-state index in [0.717, 1.165) is 0 Å². The second-order valence-corrected chi connectivity index (χ2v) is 4.43. The van der Waals surface area contributed by atoms with E-state index in [1.807, 2.05) is 6.07 Å². The minimum atomic E-state index is -0.690. The molecule has 0 aliphatic heterocycles. The molecule has 0 saturated heterocycles. The molecular formula is C16H14N2O3. The number of benzene rings is 2. The predicted octanol–water partition coefficient (Wildman–Crippen LogP) is 2.67. The number of nitriles is 1. The van der Waals surface area contributed by atoms with Crippen LogP contribution in [0.15, 0.2) is 48.5 Å². The van der Waals surface area contributed by atoms with Crippen molar-refractivity contribution in [3.63, 3.8) is 0 Å². The van der Waals surface area contributed by atoms with Gasteiger partial charge in [0, 0.05) is 5.69 Å². The van der Waals surface area contributed by atoms with Crippen LogP contribution in [0, 0.1) is 11.3 Å². The molecule has 0 aromatic heterocycles. The molecule has 5 nitrogen and oxygen atoms in total. The number of rotatable bonds is 4. The van der Waals surface area contributed by atoms with Crippen LogP contribution in [0.3, 0.4) is 0 Å². The van der Waals surface area contributed by atoms with Crippen molar-refractivity contribution in [3.8, 4) is 17.6 Å². The van der Waals surface area contributed by atoms with Crippen molar-refractivity contribution >= 4 is 11.6 Å². The fourth-order valence-electron chi connectivity index (χ4n) is 1.65. The Bertz CT molecular complexity index is 657. The number of carbonyl (C=O) groups excluding carboxylic acids is 1. The number of amides is 1. The lowest BCUT2D eigenvalue weighted by molar-refractivity contribution is -0.122. The Kier molecular flexibility index (Phi) is 4.42. The largest absolute Gasteiger partial charge is 0.508 e. The summed E-state index contributed by atoms with van der Waals surface area (Å²) in [6.07, 6.45) is -0.690. The van der Waals surface area contributed by atoms with Gasteiger partial charge in [-0.2, -0.15) is 5.26 Å². The molecule has 2 aromatic carbocycles. The number of carbonyl (C=O) groups is 1. The van der Waals surface area contributed by atoms with Gasteiger partial charge in [0.05, 0.1) is 11.6 Å². The second kappa shape index (κ2) is 6.44. The van der Waals surface area contributed by atoms with Crippen LogP contribution in [0.4, 0.5) is 5.69 Å². The third kappa shape index (κ3) is 3.98. The van der Waals surface area contributed by atoms with E-state index in [0.29, 0.717) is 17.0 Å². The summed E-state index contributed by atoms with van der Waals surface area (Å²) in [5, 5.41) is 20.6. The first kappa shape index (κ1) is 14.4. The predicted molar refractivity (Wildman–Crippen MR) is 78.0 cm³/mol. The maximum absolute atomic E-state index is 12.0. The summed E-state index contributed by atoms with van der Waals surface area (Å²) in [5.41, 5.74) is 1.13. The zero-order valence-electron chi connectivity index (χ0n) is 11.4. The van der Waals surface area contributed by atoms with Crippen LogP contribution in [-0.2, 0) is 4.79 Å². The van der Waals surface area contributed by atoms with Crippen LogP contribution >= 0.6 is 0 Å². The van der Waals surface area contributed by atoms with Gasteiger partial charge in [0.2, 0.25) is 0 Å². The topological polar surface area (TPSA) is 82.3 Å². The van der Waals surface area contributed by atoms with Gasteiger partial charge in [-0.1, -0.05) is 0 Å². The van der Waals surface area contributed by atoms with E-state index < -0.39 is 6.10 Å². The Balaban J connectivity index is 1.95. The van der Waals surface area contributed by atoms with E-state index in [-0.39, 0.29) is 11.7 Å². The number of ether oxygens (including phenoxy) is 1. The molecule has 5 heteroatoms. The number of phenols is 1. The Labute approximate surface area is 122 Å². The van der Waals surface area contributed by atoms with E-state index in [2.05, 4.69) is 5.32 Å². The van der Waals surface area contributed by atoms with Gasteiger partial charge in [-0.3, -0.25) is 4.79 Å². The molecule has 0 aliphatic rings. The van der Waals surface area contributed by atoms with Crippen molar-refractivity contribution in [2.45, 2.75) is 13.0 Å². The van der Waals surface area contributed by atoms with Gasteiger partial charge in [-0.05, 0) is 55.5 Å². The average Bonchev–Trinajstić information content (AvgIpc) is 2.50. The summed E-state index contributed by atoms with van der Waals surface area (Å²) in [4.78, 5) is 12.0. The smallest absolute Gasteiger partial charge is 0.265 e. The monoisotopic (exact) mass is 282 g/mol. The van der Waals surface area contributed by atoms with Crippen LogP contribution in [0.2, 0.25) is 0 Å². The van der Waals surface area contributed by atoms with E-state index in [4.69, 9.17) is 10.00 Å². The van der Waals surface area contributed by atoms with Crippen molar-refractivity contribution in [1.29, 1.82) is 5.26 Å². The van der Waals surface area contributed by atoms with Crippen molar-refractivity contribution < 1.29 is 14.6 Å². The molecule has 106 valence electrons. The van der Waals surface area contributed by atoms with Crippen LogP contribution in [0.5, 0.6) is 11.5 Å². The summed E-state index contributed by atoms with van der Waals surface area (Å²) >= 11 is 0. The summed E-state index contributed by atoms with van der Waals surface area (Å²) in [6.45, 7) is 1.63. The summed E-state index contributed by atoms with van der Waals surface area (Å²) in [7, 11) is 0. The molecule has 0 heterocycles. The Morgan fingerprint density at radius 3 is 2.38 bits per heavy atom. The summed E-state index contributed by atoms with van der Waals surface area (Å²) < 4.78 is 5.47. The van der Waals surface area contributed by atoms with Gasteiger partial charge in [0.25, 0.3) is 5.91 Å². The highest BCUT2D eigenvalue weighted by Crippen LogP contribution is 2.17. The van der Waals surface area contributed by atoms with E-state index in [1.165, 1.54) is 12.1 Å². The zero-order chi connectivity index (χ0) is 15.2. The molecule has 1 atom stereocenters. The first-order valence-corrected chi connectivity index (χ1v) is 6.35. The summed E-state index contributed by atoms with van der Waals surface area (Å²) in [5.74, 6) is 0.333. The van der Waals surface area contributed by atoms with Gasteiger partial charge in [0.1, 0.15) is 11.5 Å². The zero-order valence-corrected chi connectivity index (χ0v) is 11.4. The van der Waals surface area contributed by atoms with Crippen LogP contribution < -0.4 is 10.1 Å². The molecule has 2 rings (SSSR count). The second-order valence-electron chi connectivity index (χ2n) is 4.43. The Morgan fingerprint density at radius 1 is 1.19 bits per heavy atom.